The van der Waals surface area contributed by atoms with Crippen LogP contribution in [0.25, 0.3) is 0 Å². The van der Waals surface area contributed by atoms with Crippen molar-refractivity contribution in [2.75, 3.05) is 5.32 Å². The average molecular weight is 454 g/mol. The molecule has 3 aromatic rings. The average Bonchev–Trinajstić information content (AvgIpc) is 2.89. The number of anilines is 1. The van der Waals surface area contributed by atoms with Gasteiger partial charge in [-0.1, -0.05) is 12.1 Å². The molecule has 4 rings (SSSR count). The second kappa shape index (κ2) is 10.7. The van der Waals surface area contributed by atoms with Gasteiger partial charge in [-0.05, 0) is 79.8 Å². The minimum absolute atomic E-state index is 0.0555. The van der Waals surface area contributed by atoms with E-state index in [1.807, 2.05) is 29.2 Å². The van der Waals surface area contributed by atoms with E-state index in [9.17, 15) is 9.59 Å². The van der Waals surface area contributed by atoms with E-state index < -0.39 is 0 Å². The van der Waals surface area contributed by atoms with Gasteiger partial charge in [-0.3, -0.25) is 14.6 Å². The first-order valence-electron chi connectivity index (χ1n) is 11.4. The zero-order chi connectivity index (χ0) is 23.9. The van der Waals surface area contributed by atoms with Crippen LogP contribution in [0.15, 0.2) is 73.1 Å². The number of hydrogen-bond acceptors (Lipinski definition) is 5. The van der Waals surface area contributed by atoms with Gasteiger partial charge >= 0.3 is 0 Å². The molecule has 0 saturated heterocycles. The maximum absolute atomic E-state index is 13.4. The van der Waals surface area contributed by atoms with Gasteiger partial charge < -0.3 is 16.0 Å². The van der Waals surface area contributed by atoms with Gasteiger partial charge in [0.05, 0.1) is 11.6 Å². The molecule has 0 unspecified atom stereocenters. The summed E-state index contributed by atoms with van der Waals surface area (Å²) in [6, 6.07) is 20.0. The maximum Gasteiger partial charge on any atom is 0.255 e. The Morgan fingerprint density at radius 1 is 0.941 bits per heavy atom. The van der Waals surface area contributed by atoms with Crippen molar-refractivity contribution in [2.24, 2.45) is 5.73 Å². The van der Waals surface area contributed by atoms with Crippen LogP contribution in [-0.4, -0.2) is 33.8 Å². The van der Waals surface area contributed by atoms with Crippen LogP contribution in [0.1, 0.15) is 57.5 Å². The lowest BCUT2D eigenvalue weighted by molar-refractivity contribution is 0.0606. The number of nitrogens with two attached hydrogens (primary N) is 1. The number of nitriles is 1. The molecule has 2 amide bonds. The van der Waals surface area contributed by atoms with Crippen molar-refractivity contribution < 1.29 is 9.59 Å². The van der Waals surface area contributed by atoms with E-state index in [1.165, 1.54) is 0 Å². The number of amides is 2. The van der Waals surface area contributed by atoms with Crippen LogP contribution < -0.4 is 11.1 Å². The monoisotopic (exact) mass is 453 g/mol. The predicted molar refractivity (Wildman–Crippen MR) is 130 cm³/mol. The minimum Gasteiger partial charge on any atom is -0.331 e. The predicted octanol–water partition coefficient (Wildman–Crippen LogP) is 4.12. The number of benzene rings is 2. The molecule has 0 bridgehead atoms. The molecule has 1 aliphatic rings. The Kier molecular flexibility index (Phi) is 7.31. The number of carbonyl (C=O) groups is 2. The molecule has 0 aliphatic heterocycles. The zero-order valence-electron chi connectivity index (χ0n) is 18.9. The third kappa shape index (κ3) is 5.66. The Bertz CT molecular complexity index is 1160. The normalized spacial score (nSPS) is 17.4. The van der Waals surface area contributed by atoms with E-state index >= 15 is 0 Å². The maximum atomic E-state index is 13.4. The van der Waals surface area contributed by atoms with Crippen molar-refractivity contribution in [1.29, 1.82) is 5.26 Å². The first-order chi connectivity index (χ1) is 16.5. The van der Waals surface area contributed by atoms with Gasteiger partial charge in [-0.15, -0.1) is 0 Å². The Morgan fingerprint density at radius 3 is 2.21 bits per heavy atom. The molecule has 0 radical (unpaired) electrons. The molecule has 1 fully saturated rings. The molecule has 1 aromatic heterocycles. The second-order valence-electron chi connectivity index (χ2n) is 8.58. The standard InChI is InChI=1S/C27H27N5O2/c28-17-19-1-5-22(6-2-19)27(34)32(25-11-7-23(29)8-12-25)18-20-3-9-24(10-4-20)31-26(33)21-13-15-30-16-14-21/h1-6,9-10,13-16,23,25H,7-8,11-12,18,29H2,(H,31,33). The van der Waals surface area contributed by atoms with Gasteiger partial charge in [0.25, 0.3) is 11.8 Å². The van der Waals surface area contributed by atoms with Crippen molar-refractivity contribution in [3.63, 3.8) is 0 Å². The van der Waals surface area contributed by atoms with Gasteiger partial charge in [0, 0.05) is 47.8 Å². The lowest BCUT2D eigenvalue weighted by Gasteiger charge is -2.36. The van der Waals surface area contributed by atoms with Gasteiger partial charge in [0.2, 0.25) is 0 Å². The lowest BCUT2D eigenvalue weighted by Crippen LogP contribution is -2.43. The highest BCUT2D eigenvalue weighted by atomic mass is 16.2. The number of rotatable bonds is 6. The molecule has 172 valence electrons. The Hall–Kier alpha value is -4.02. The molecule has 1 heterocycles. The Labute approximate surface area is 199 Å². The molecule has 1 saturated carbocycles. The van der Waals surface area contributed by atoms with Crippen LogP contribution in [-0.2, 0) is 6.54 Å². The van der Waals surface area contributed by atoms with E-state index in [4.69, 9.17) is 11.0 Å². The van der Waals surface area contributed by atoms with Gasteiger partial charge in [0.15, 0.2) is 0 Å². The minimum atomic E-state index is -0.202. The summed E-state index contributed by atoms with van der Waals surface area (Å²) in [5, 5.41) is 11.9. The summed E-state index contributed by atoms with van der Waals surface area (Å²) in [4.78, 5) is 31.7. The number of hydrogen-bond donors (Lipinski definition) is 2. The molecular weight excluding hydrogens is 426 g/mol. The smallest absolute Gasteiger partial charge is 0.255 e. The fourth-order valence-electron chi connectivity index (χ4n) is 4.23. The second-order valence-corrected chi connectivity index (χ2v) is 8.58. The molecule has 0 atom stereocenters. The summed E-state index contributed by atoms with van der Waals surface area (Å²) in [6.07, 6.45) is 6.67. The molecule has 2 aromatic carbocycles. The van der Waals surface area contributed by atoms with Crippen LogP contribution in [0, 0.1) is 11.3 Å². The third-order valence-electron chi connectivity index (χ3n) is 6.21. The number of nitrogens with zero attached hydrogens (tertiary/aromatic N) is 3. The van der Waals surface area contributed by atoms with E-state index in [0.29, 0.717) is 28.9 Å². The first kappa shape index (κ1) is 23.1. The SMILES string of the molecule is N#Cc1ccc(C(=O)N(Cc2ccc(NC(=O)c3ccncc3)cc2)C2CCC(N)CC2)cc1. The van der Waals surface area contributed by atoms with Crippen LogP contribution in [0.3, 0.4) is 0 Å². The molecule has 7 heteroatoms. The number of pyridine rings is 1. The lowest BCUT2D eigenvalue weighted by atomic mass is 9.90. The van der Waals surface area contributed by atoms with Crippen molar-refractivity contribution in [3.05, 3.63) is 95.3 Å². The molecule has 1 aliphatic carbocycles. The van der Waals surface area contributed by atoms with Crippen LogP contribution >= 0.6 is 0 Å². The van der Waals surface area contributed by atoms with Crippen molar-refractivity contribution >= 4 is 17.5 Å². The van der Waals surface area contributed by atoms with Gasteiger partial charge in [-0.25, -0.2) is 0 Å². The zero-order valence-corrected chi connectivity index (χ0v) is 18.9. The van der Waals surface area contributed by atoms with E-state index in [0.717, 1.165) is 31.2 Å². The molecule has 3 N–H and O–H groups in total. The first-order valence-corrected chi connectivity index (χ1v) is 11.4. The van der Waals surface area contributed by atoms with E-state index in [1.54, 1.807) is 48.8 Å². The summed E-state index contributed by atoms with van der Waals surface area (Å²) in [6.45, 7) is 0.456. The van der Waals surface area contributed by atoms with E-state index in [-0.39, 0.29) is 23.9 Å². The summed E-state index contributed by atoms with van der Waals surface area (Å²) < 4.78 is 0. The van der Waals surface area contributed by atoms with Crippen LogP contribution in [0.5, 0.6) is 0 Å². The number of aromatic nitrogens is 1. The highest BCUT2D eigenvalue weighted by Crippen LogP contribution is 2.26. The summed E-state index contributed by atoms with van der Waals surface area (Å²) in [5.74, 6) is -0.258. The topological polar surface area (TPSA) is 112 Å². The van der Waals surface area contributed by atoms with Crippen molar-refractivity contribution in [2.45, 2.75) is 44.3 Å². The number of carbonyl (C=O) groups excluding carboxylic acids is 2. The Morgan fingerprint density at radius 2 is 1.59 bits per heavy atom. The largest absolute Gasteiger partial charge is 0.331 e. The molecular formula is C27H27N5O2. The highest BCUT2D eigenvalue weighted by Gasteiger charge is 2.28. The van der Waals surface area contributed by atoms with Gasteiger partial charge in [0.1, 0.15) is 0 Å². The summed E-state index contributed by atoms with van der Waals surface area (Å²) in [5.41, 5.74) is 9.37. The van der Waals surface area contributed by atoms with Crippen LogP contribution in [0.2, 0.25) is 0 Å². The molecule has 0 spiro atoms. The third-order valence-corrected chi connectivity index (χ3v) is 6.21. The quantitative estimate of drug-likeness (QED) is 0.583. The highest BCUT2D eigenvalue weighted by molar-refractivity contribution is 6.04. The van der Waals surface area contributed by atoms with Crippen molar-refractivity contribution in [3.8, 4) is 6.07 Å². The fourth-order valence-corrected chi connectivity index (χ4v) is 4.23. The summed E-state index contributed by atoms with van der Waals surface area (Å²) in [7, 11) is 0. The molecule has 34 heavy (non-hydrogen) atoms. The fraction of sp³-hybridized carbons (Fsp3) is 0.259. The van der Waals surface area contributed by atoms with Crippen molar-refractivity contribution in [1.82, 2.24) is 9.88 Å². The van der Waals surface area contributed by atoms with E-state index in [2.05, 4.69) is 16.4 Å². The molecule has 7 nitrogen and oxygen atoms in total. The summed E-state index contributed by atoms with van der Waals surface area (Å²) >= 11 is 0. The van der Waals surface area contributed by atoms with Gasteiger partial charge in [-0.2, -0.15) is 5.26 Å². The van der Waals surface area contributed by atoms with Crippen LogP contribution in [0.4, 0.5) is 5.69 Å². The Balaban J connectivity index is 1.49. The number of nitrogens with one attached hydrogen (secondary N) is 1.